The van der Waals surface area contributed by atoms with Crippen LogP contribution in [0.15, 0.2) is 49.7 Å². The Morgan fingerprint density at radius 1 is 1.31 bits per heavy atom. The minimum absolute atomic E-state index is 0.154. The van der Waals surface area contributed by atoms with E-state index in [1.54, 1.807) is 30.2 Å². The van der Waals surface area contributed by atoms with Gasteiger partial charge < -0.3 is 10.2 Å². The molecule has 1 aromatic heterocycles. The fourth-order valence-corrected chi connectivity index (χ4v) is 2.81. The highest BCUT2D eigenvalue weighted by molar-refractivity contribution is 5.87. The highest BCUT2D eigenvalue weighted by atomic mass is 16.2. The number of nitrogens with zero attached hydrogens (tertiary/aromatic N) is 3. The van der Waals surface area contributed by atoms with E-state index in [4.69, 9.17) is 0 Å². The maximum atomic E-state index is 12.4. The lowest BCUT2D eigenvalue weighted by molar-refractivity contribution is -0.135. The summed E-state index contributed by atoms with van der Waals surface area (Å²) in [6.07, 6.45) is 5.36. The standard InChI is InChI=1S/C20H26N4O2/c1-5-10-23(11-6-2)20(26)16(4)22-19(25)9-12-24-18-8-7-15(3)13-17(18)14-21-24/h5-8,13-14,16H,1-2,9-12H2,3-4H3,(H,22,25). The van der Waals surface area contributed by atoms with Crippen molar-refractivity contribution in [1.29, 1.82) is 0 Å². The summed E-state index contributed by atoms with van der Waals surface area (Å²) in [4.78, 5) is 26.2. The van der Waals surface area contributed by atoms with E-state index in [0.29, 0.717) is 19.6 Å². The molecule has 0 saturated heterocycles. The van der Waals surface area contributed by atoms with E-state index in [0.717, 1.165) is 10.9 Å². The Labute approximate surface area is 154 Å². The van der Waals surface area contributed by atoms with E-state index < -0.39 is 6.04 Å². The normalized spacial score (nSPS) is 11.8. The van der Waals surface area contributed by atoms with Crippen LogP contribution in [0.1, 0.15) is 18.9 Å². The highest BCUT2D eigenvalue weighted by Crippen LogP contribution is 2.15. The topological polar surface area (TPSA) is 67.2 Å². The number of carbonyl (C=O) groups excluding carboxylic acids is 2. The predicted octanol–water partition coefficient (Wildman–Crippen LogP) is 2.44. The Morgan fingerprint density at radius 2 is 2.00 bits per heavy atom. The van der Waals surface area contributed by atoms with Crippen LogP contribution in [0.4, 0.5) is 0 Å². The number of nitrogens with one attached hydrogen (secondary N) is 1. The van der Waals surface area contributed by atoms with Crippen molar-refractivity contribution in [2.24, 2.45) is 0 Å². The summed E-state index contributed by atoms with van der Waals surface area (Å²) in [6.45, 7) is 12.3. The van der Waals surface area contributed by atoms with Crippen LogP contribution < -0.4 is 5.32 Å². The average molecular weight is 354 g/mol. The molecule has 138 valence electrons. The van der Waals surface area contributed by atoms with Gasteiger partial charge >= 0.3 is 0 Å². The zero-order valence-corrected chi connectivity index (χ0v) is 15.4. The molecule has 6 nitrogen and oxygen atoms in total. The molecule has 0 aliphatic rings. The number of amides is 2. The highest BCUT2D eigenvalue weighted by Gasteiger charge is 2.20. The lowest BCUT2D eigenvalue weighted by Crippen LogP contribution is -2.47. The third kappa shape index (κ3) is 4.81. The molecular weight excluding hydrogens is 328 g/mol. The van der Waals surface area contributed by atoms with Crippen LogP contribution in [0.25, 0.3) is 10.9 Å². The SMILES string of the molecule is C=CCN(CC=C)C(=O)C(C)NC(=O)CCn1ncc2cc(C)ccc21. The molecule has 1 unspecified atom stereocenters. The van der Waals surface area contributed by atoms with E-state index in [1.807, 2.05) is 23.7 Å². The molecule has 0 fully saturated rings. The van der Waals surface area contributed by atoms with Gasteiger partial charge in [0.1, 0.15) is 6.04 Å². The number of fused-ring (bicyclic) bond motifs is 1. The van der Waals surface area contributed by atoms with E-state index in [1.165, 1.54) is 5.56 Å². The van der Waals surface area contributed by atoms with Gasteiger partial charge in [0, 0.05) is 24.9 Å². The number of aromatic nitrogens is 2. The third-order valence-electron chi connectivity index (χ3n) is 4.11. The second-order valence-electron chi connectivity index (χ2n) is 6.29. The number of aryl methyl sites for hydroxylation is 2. The van der Waals surface area contributed by atoms with E-state index in [-0.39, 0.29) is 18.2 Å². The maximum Gasteiger partial charge on any atom is 0.245 e. The van der Waals surface area contributed by atoms with Gasteiger partial charge in [-0.05, 0) is 26.0 Å². The first-order chi connectivity index (χ1) is 12.5. The molecule has 0 saturated carbocycles. The predicted molar refractivity (Wildman–Crippen MR) is 104 cm³/mol. The molecule has 2 amide bonds. The van der Waals surface area contributed by atoms with Crippen LogP contribution in [-0.4, -0.2) is 45.6 Å². The molecular formula is C20H26N4O2. The Kier molecular flexibility index (Phi) is 6.72. The van der Waals surface area contributed by atoms with Gasteiger partial charge in [-0.1, -0.05) is 23.8 Å². The summed E-state index contributed by atoms with van der Waals surface area (Å²) in [5.41, 5.74) is 2.17. The maximum absolute atomic E-state index is 12.4. The molecule has 6 heteroatoms. The Bertz CT molecular complexity index is 799. The number of carbonyl (C=O) groups is 2. The van der Waals surface area contributed by atoms with Gasteiger partial charge in [0.2, 0.25) is 11.8 Å². The fraction of sp³-hybridized carbons (Fsp3) is 0.350. The summed E-state index contributed by atoms with van der Waals surface area (Å²) in [5.74, 6) is -0.336. The van der Waals surface area contributed by atoms with Crippen LogP contribution in [0, 0.1) is 6.92 Å². The fourth-order valence-electron chi connectivity index (χ4n) is 2.81. The number of benzene rings is 1. The van der Waals surface area contributed by atoms with Crippen LogP contribution >= 0.6 is 0 Å². The van der Waals surface area contributed by atoms with Crippen LogP contribution in [-0.2, 0) is 16.1 Å². The van der Waals surface area contributed by atoms with E-state index >= 15 is 0 Å². The Hall–Kier alpha value is -2.89. The number of hydrogen-bond donors (Lipinski definition) is 1. The van der Waals surface area contributed by atoms with Gasteiger partial charge in [0.25, 0.3) is 0 Å². The van der Waals surface area contributed by atoms with Gasteiger partial charge in [-0.3, -0.25) is 14.3 Å². The summed E-state index contributed by atoms with van der Waals surface area (Å²) in [7, 11) is 0. The van der Waals surface area contributed by atoms with Crippen molar-refractivity contribution in [2.75, 3.05) is 13.1 Å². The van der Waals surface area contributed by atoms with Crippen molar-refractivity contribution in [3.8, 4) is 0 Å². The summed E-state index contributed by atoms with van der Waals surface area (Å²) >= 11 is 0. The van der Waals surface area contributed by atoms with Crippen molar-refractivity contribution >= 4 is 22.7 Å². The number of rotatable bonds is 9. The summed E-state index contributed by atoms with van der Waals surface area (Å²) < 4.78 is 1.81. The van der Waals surface area contributed by atoms with Crippen molar-refractivity contribution in [3.05, 3.63) is 55.3 Å². The van der Waals surface area contributed by atoms with Crippen LogP contribution in [0.3, 0.4) is 0 Å². The number of hydrogen-bond acceptors (Lipinski definition) is 3. The largest absolute Gasteiger partial charge is 0.345 e. The molecule has 1 atom stereocenters. The van der Waals surface area contributed by atoms with Gasteiger partial charge in [0.05, 0.1) is 18.3 Å². The molecule has 1 aromatic carbocycles. The molecule has 2 aromatic rings. The second kappa shape index (κ2) is 8.99. The summed E-state index contributed by atoms with van der Waals surface area (Å²) in [6, 6.07) is 5.49. The molecule has 2 rings (SSSR count). The first-order valence-corrected chi connectivity index (χ1v) is 8.68. The molecule has 26 heavy (non-hydrogen) atoms. The van der Waals surface area contributed by atoms with Crippen molar-refractivity contribution in [1.82, 2.24) is 20.0 Å². The Balaban J connectivity index is 1.91. The second-order valence-corrected chi connectivity index (χ2v) is 6.29. The van der Waals surface area contributed by atoms with Crippen molar-refractivity contribution in [2.45, 2.75) is 32.9 Å². The summed E-state index contributed by atoms with van der Waals surface area (Å²) in [5, 5.41) is 8.15. The van der Waals surface area contributed by atoms with Crippen LogP contribution in [0.5, 0.6) is 0 Å². The minimum atomic E-state index is -0.598. The van der Waals surface area contributed by atoms with Gasteiger partial charge in [-0.15, -0.1) is 13.2 Å². The minimum Gasteiger partial charge on any atom is -0.345 e. The lowest BCUT2D eigenvalue weighted by Gasteiger charge is -2.23. The van der Waals surface area contributed by atoms with E-state index in [9.17, 15) is 9.59 Å². The third-order valence-corrected chi connectivity index (χ3v) is 4.11. The lowest BCUT2D eigenvalue weighted by atomic mass is 10.2. The van der Waals surface area contributed by atoms with Gasteiger partial charge in [0.15, 0.2) is 0 Å². The van der Waals surface area contributed by atoms with Gasteiger partial charge in [-0.2, -0.15) is 5.10 Å². The average Bonchev–Trinajstić information content (AvgIpc) is 3.01. The molecule has 0 spiro atoms. The van der Waals surface area contributed by atoms with Gasteiger partial charge in [-0.25, -0.2) is 0 Å². The zero-order chi connectivity index (χ0) is 19.1. The first-order valence-electron chi connectivity index (χ1n) is 8.68. The molecule has 0 aliphatic carbocycles. The molecule has 0 bridgehead atoms. The molecule has 0 radical (unpaired) electrons. The quantitative estimate of drug-likeness (QED) is 0.703. The monoisotopic (exact) mass is 354 g/mol. The van der Waals surface area contributed by atoms with E-state index in [2.05, 4.69) is 29.6 Å². The first kappa shape index (κ1) is 19.4. The Morgan fingerprint density at radius 3 is 2.65 bits per heavy atom. The molecule has 1 heterocycles. The zero-order valence-electron chi connectivity index (χ0n) is 15.4. The van der Waals surface area contributed by atoms with Crippen molar-refractivity contribution in [3.63, 3.8) is 0 Å². The molecule has 0 aliphatic heterocycles. The van der Waals surface area contributed by atoms with Crippen molar-refractivity contribution < 1.29 is 9.59 Å². The smallest absolute Gasteiger partial charge is 0.245 e. The molecule has 1 N–H and O–H groups in total. The van der Waals surface area contributed by atoms with Crippen LogP contribution in [0.2, 0.25) is 0 Å².